The molecule has 6 saturated heterocycles. The van der Waals surface area contributed by atoms with Crippen molar-refractivity contribution in [2.24, 2.45) is 50.2 Å². The molecule has 32 nitrogen and oxygen atoms in total. The number of allylic oxidation sites excluding steroid dienone is 1. The summed E-state index contributed by atoms with van der Waals surface area (Å²) in [5.74, 6) is -4.20. The van der Waals surface area contributed by atoms with Gasteiger partial charge in [-0.1, -0.05) is 84.9 Å². The third-order valence-electron chi connectivity index (χ3n) is 27.3. The van der Waals surface area contributed by atoms with E-state index in [-0.39, 0.29) is 24.7 Å². The molecule has 6 heterocycles. The highest BCUT2D eigenvalue weighted by molar-refractivity contribution is 5.88. The lowest BCUT2D eigenvalue weighted by Crippen LogP contribution is -2.77. The predicted octanol–water partition coefficient (Wildman–Crippen LogP) is -1.34. The highest BCUT2D eigenvalue weighted by atomic mass is 16.8. The number of benzene rings is 1. The van der Waals surface area contributed by atoms with E-state index in [1.54, 1.807) is 26.0 Å². The zero-order valence-corrected chi connectivity index (χ0v) is 61.4. The summed E-state index contributed by atoms with van der Waals surface area (Å²) in [6, 6.07) is 9.10. The van der Waals surface area contributed by atoms with E-state index in [9.17, 15) is 96.1 Å². The van der Waals surface area contributed by atoms with Gasteiger partial charge < -0.3 is 143 Å². The van der Waals surface area contributed by atoms with Crippen LogP contribution < -0.4 is 0 Å². The molecule has 0 aromatic heterocycles. The molecule has 1 aromatic rings. The van der Waals surface area contributed by atoms with E-state index in [2.05, 4.69) is 20.8 Å². The van der Waals surface area contributed by atoms with Crippen LogP contribution in [0.25, 0.3) is 6.08 Å². The van der Waals surface area contributed by atoms with Gasteiger partial charge in [-0.3, -0.25) is 0 Å². The first-order valence-electron chi connectivity index (χ1n) is 37.0. The van der Waals surface area contributed by atoms with E-state index in [1.165, 1.54) is 19.9 Å². The topological polar surface area (TPSA) is 495 Å². The number of hydrogen-bond donors (Lipinski definition) is 16. The molecule has 5 aliphatic carbocycles. The summed E-state index contributed by atoms with van der Waals surface area (Å²) in [6.07, 6.45) is -47.3. The summed E-state index contributed by atoms with van der Waals surface area (Å²) in [6.45, 7) is 18.5. The quantitative estimate of drug-likeness (QED) is 0.0460. The molecule has 11 aliphatic rings. The van der Waals surface area contributed by atoms with Crippen molar-refractivity contribution in [2.75, 3.05) is 13.2 Å². The van der Waals surface area contributed by atoms with Crippen molar-refractivity contribution in [3.05, 3.63) is 53.6 Å². The zero-order valence-electron chi connectivity index (χ0n) is 61.4. The molecule has 1 aromatic carbocycles. The summed E-state index contributed by atoms with van der Waals surface area (Å²) >= 11 is 0. The predicted molar refractivity (Wildman–Crippen MR) is 359 cm³/mol. The van der Waals surface area contributed by atoms with E-state index in [0.717, 1.165) is 0 Å². The number of rotatable bonds is 18. The van der Waals surface area contributed by atoms with Crippen LogP contribution in [-0.2, 0) is 76.0 Å². The van der Waals surface area contributed by atoms with Gasteiger partial charge in [0.05, 0.1) is 48.6 Å². The minimum Gasteiger partial charge on any atom is -0.479 e. The molecule has 5 saturated carbocycles. The van der Waals surface area contributed by atoms with Crippen LogP contribution in [0.15, 0.2) is 48.1 Å². The first kappa shape index (κ1) is 81.6. The van der Waals surface area contributed by atoms with Gasteiger partial charge in [-0.25, -0.2) is 14.4 Å². The third-order valence-corrected chi connectivity index (χ3v) is 27.3. The molecular formula is C74H110O32. The number of carboxylic acids is 1. The van der Waals surface area contributed by atoms with Crippen LogP contribution in [-0.4, -0.2) is 303 Å². The average molecular weight is 1510 g/mol. The van der Waals surface area contributed by atoms with Gasteiger partial charge in [0.1, 0.15) is 110 Å². The fourth-order valence-corrected chi connectivity index (χ4v) is 21.2. The molecular weight excluding hydrogens is 1400 g/mol. The van der Waals surface area contributed by atoms with Crippen molar-refractivity contribution in [3.63, 3.8) is 0 Å². The number of aliphatic hydroxyl groups excluding tert-OH is 15. The van der Waals surface area contributed by atoms with E-state index < -0.39 is 259 Å². The lowest BCUT2D eigenvalue weighted by atomic mass is 9.30. The zero-order chi connectivity index (χ0) is 77.4. The van der Waals surface area contributed by atoms with Crippen molar-refractivity contribution in [1.82, 2.24) is 0 Å². The second-order valence-corrected chi connectivity index (χ2v) is 33.6. The number of carboxylic acid groups (broad SMARTS) is 1. The Morgan fingerprint density at radius 2 is 1.07 bits per heavy atom. The molecule has 0 radical (unpaired) electrons. The molecule has 0 amide bonds. The van der Waals surface area contributed by atoms with Crippen LogP contribution in [0.3, 0.4) is 0 Å². The smallest absolute Gasteiger partial charge is 0.335 e. The van der Waals surface area contributed by atoms with Crippen LogP contribution in [0.2, 0.25) is 0 Å². The van der Waals surface area contributed by atoms with Gasteiger partial charge in [0.15, 0.2) is 49.9 Å². The maximum atomic E-state index is 14.3. The molecule has 38 atom stereocenters. The monoisotopic (exact) mass is 1510 g/mol. The Labute approximate surface area is 613 Å². The number of esters is 2. The van der Waals surface area contributed by atoms with Gasteiger partial charge >= 0.3 is 17.9 Å². The minimum atomic E-state index is -2.38. The standard InChI is InChI=1S/C74H110O32/c1-12-30(2)61(92)105-58-59(99-41(78)19-18-33-16-14-13-15-17-33)74-38(26-68(58,5)6)73(106-67(74)93)25-21-37-70(9)23-22-40(69(7,8)36(70)20-24-71(37,10)72(73,11)27-39(74)77)98-66-57(104-63-51(88)47(84)44(81)34(28-75)96-63)53(52(89)54(101-66)60(90)91)100-65-56(49(86)45(82)35(29-76)97-65)103-64-55(48(85)43(80)32(4)95-64)102-62-50(87)46(83)42(79)31(3)94-62/h12-19,31-32,34-40,42-59,62-67,75-77,79-89,93H,20-29H2,1-11H3,(H,90,91)/b19-18+,30-12-/t31-,32-,34+,35+,36-,37+,38?,39+,40-,42-,43-,44-,45-,46+,47-,48+,49-,50+,51+,52-,53-,54-,55+,56+,57+,58-,59-,62-,63-,64-,65-,66+,67-,70-,71+,72-,73-,74+/m0/s1. The van der Waals surface area contributed by atoms with Crippen LogP contribution >= 0.6 is 0 Å². The molecule has 1 unspecified atom stereocenters. The summed E-state index contributed by atoms with van der Waals surface area (Å²) in [4.78, 5) is 41.7. The third kappa shape index (κ3) is 13.3. The van der Waals surface area contributed by atoms with Crippen molar-refractivity contribution >= 4 is 24.0 Å². The summed E-state index contributed by atoms with van der Waals surface area (Å²) in [5, 5.41) is 182. The molecule has 6 aliphatic heterocycles. The second-order valence-electron chi connectivity index (χ2n) is 33.6. The molecule has 12 rings (SSSR count). The van der Waals surface area contributed by atoms with E-state index >= 15 is 0 Å². The largest absolute Gasteiger partial charge is 0.479 e. The maximum Gasteiger partial charge on any atom is 0.335 e. The molecule has 2 bridgehead atoms. The van der Waals surface area contributed by atoms with Gasteiger partial charge in [0.2, 0.25) is 0 Å². The lowest BCUT2D eigenvalue weighted by molar-refractivity contribution is -0.412. The summed E-state index contributed by atoms with van der Waals surface area (Å²) < 4.78 is 82.1. The first-order valence-corrected chi connectivity index (χ1v) is 37.0. The summed E-state index contributed by atoms with van der Waals surface area (Å²) in [5.41, 5.74) is -5.73. The Kier molecular flexibility index (Phi) is 23.2. The highest BCUT2D eigenvalue weighted by Gasteiger charge is 2.86. The molecule has 106 heavy (non-hydrogen) atoms. The average Bonchev–Trinajstić information content (AvgIpc) is 1.39. The Hall–Kier alpha value is -3.93. The van der Waals surface area contributed by atoms with E-state index in [4.69, 9.17) is 61.6 Å². The number of aliphatic carboxylic acids is 1. The van der Waals surface area contributed by atoms with Crippen LogP contribution in [0.1, 0.15) is 133 Å². The van der Waals surface area contributed by atoms with Crippen molar-refractivity contribution < 1.29 is 158 Å². The summed E-state index contributed by atoms with van der Waals surface area (Å²) in [7, 11) is 0. The molecule has 11 fully saturated rings. The fraction of sp³-hybridized carbons (Fsp3) is 0.824. The van der Waals surface area contributed by atoms with Gasteiger partial charge in [0, 0.05) is 28.4 Å². The number of carbonyl (C=O) groups is 3. The van der Waals surface area contributed by atoms with Crippen LogP contribution in [0, 0.1) is 50.2 Å². The van der Waals surface area contributed by atoms with Crippen LogP contribution in [0.4, 0.5) is 0 Å². The fourth-order valence-electron chi connectivity index (χ4n) is 21.2. The normalized spacial score (nSPS) is 51.3. The van der Waals surface area contributed by atoms with Crippen molar-refractivity contribution in [1.29, 1.82) is 0 Å². The van der Waals surface area contributed by atoms with Gasteiger partial charge in [-0.2, -0.15) is 0 Å². The maximum absolute atomic E-state index is 14.3. The molecule has 32 heteroatoms. The Morgan fingerprint density at radius 1 is 0.538 bits per heavy atom. The molecule has 598 valence electrons. The van der Waals surface area contributed by atoms with Gasteiger partial charge in [-0.15, -0.1) is 0 Å². The van der Waals surface area contributed by atoms with Gasteiger partial charge in [0.25, 0.3) is 0 Å². The molecule has 1 spiro atoms. The second kappa shape index (κ2) is 30.2. The van der Waals surface area contributed by atoms with E-state index in [1.807, 2.05) is 58.0 Å². The number of hydrogen-bond acceptors (Lipinski definition) is 31. The SMILES string of the molecule is C/C=C(/C)C(=O)O[C@H]1[C@H](OC(=O)/C=C/c2ccccc2)[C@@]23C(CC1(C)C)[C@]1(CC[C@@H]4[C@@]5(C)CC[C@H](O[C@@H]6O[C@H](C(=O)O)[C@@H](O)[C@H](O[C@@H]7O[C@H](CO)[C@H](O)[C@H](O)[C@H]7O[C@@H]7O[C@@H](C)[C@H](O)[C@@H](O)[C@H]7O[C@@H]7O[C@@H](C)[C@H](O)[C@@H](O)[C@H]7O)[C@H]6O[C@@H]6O[C@H](CO)[C@H](O)[C@H](O)[C@H]6O)C(C)(C)[C@@H]5CC[C@@]4(C)[C@]1(C)C[C@H]2O)O[C@@H]3O. The number of carbonyl (C=O) groups excluding carboxylic acids is 2. The minimum absolute atomic E-state index is 0.0915. The van der Waals surface area contributed by atoms with Crippen molar-refractivity contribution in [2.45, 2.75) is 317 Å². The van der Waals surface area contributed by atoms with Gasteiger partial charge in [-0.05, 0) is 119 Å². The van der Waals surface area contributed by atoms with Crippen molar-refractivity contribution in [3.8, 4) is 0 Å². The number of fused-ring (bicyclic) bond motifs is 4. The highest BCUT2D eigenvalue weighted by Crippen LogP contribution is 2.82. The first-order chi connectivity index (χ1) is 49.7. The lowest BCUT2D eigenvalue weighted by Gasteiger charge is -2.75. The number of aliphatic hydroxyl groups is 15. The molecule has 16 N–H and O–H groups in total. The van der Waals surface area contributed by atoms with E-state index in [0.29, 0.717) is 49.7 Å². The Bertz CT molecular complexity index is 3340. The number of ether oxygens (including phenoxy) is 13. The Morgan fingerprint density at radius 3 is 1.69 bits per heavy atom. The Balaban J connectivity index is 0.856. The van der Waals surface area contributed by atoms with Crippen LogP contribution in [0.5, 0.6) is 0 Å².